The summed E-state index contributed by atoms with van der Waals surface area (Å²) in [6.07, 6.45) is 1.82. The molecule has 0 spiro atoms. The van der Waals surface area contributed by atoms with Gasteiger partial charge in [-0.15, -0.1) is 0 Å². The Hall–Kier alpha value is -1.65. The number of nitrogens with one attached hydrogen (secondary N) is 1. The number of rotatable bonds is 3. The first-order valence-electron chi connectivity index (χ1n) is 4.96. The number of benzene rings is 1. The van der Waals surface area contributed by atoms with E-state index in [1.165, 1.54) is 0 Å². The smallest absolute Gasteiger partial charge is 0.254 e. The predicted octanol–water partition coefficient (Wildman–Crippen LogP) is 1.87. The standard InChI is InChI=1S/C11H11F2NO2/c1-16-10-8(12)5-4-7(9(10)13)11(15)14-6-2-3-6/h4-6H,2-3H2,1H3,(H,14,15). The summed E-state index contributed by atoms with van der Waals surface area (Å²) in [5.41, 5.74) is -0.190. The molecule has 0 aliphatic heterocycles. The molecule has 2 rings (SSSR count). The molecular weight excluding hydrogens is 216 g/mol. The van der Waals surface area contributed by atoms with Crippen LogP contribution in [0, 0.1) is 11.6 Å². The van der Waals surface area contributed by atoms with Crippen LogP contribution in [0.4, 0.5) is 8.78 Å². The molecular formula is C11H11F2NO2. The molecule has 0 aromatic heterocycles. The summed E-state index contributed by atoms with van der Waals surface area (Å²) in [5.74, 6) is -2.83. The van der Waals surface area contributed by atoms with Crippen LogP contribution in [0.25, 0.3) is 0 Å². The highest BCUT2D eigenvalue weighted by Gasteiger charge is 2.26. The summed E-state index contributed by atoms with van der Waals surface area (Å²) >= 11 is 0. The average molecular weight is 227 g/mol. The molecule has 0 radical (unpaired) electrons. The minimum atomic E-state index is -0.958. The van der Waals surface area contributed by atoms with Crippen molar-refractivity contribution in [1.82, 2.24) is 5.32 Å². The number of methoxy groups -OCH3 is 1. The average Bonchev–Trinajstić information content (AvgIpc) is 3.02. The van der Waals surface area contributed by atoms with Gasteiger partial charge in [-0.2, -0.15) is 0 Å². The van der Waals surface area contributed by atoms with E-state index in [1.54, 1.807) is 0 Å². The van der Waals surface area contributed by atoms with Crippen LogP contribution in [-0.2, 0) is 0 Å². The molecule has 16 heavy (non-hydrogen) atoms. The lowest BCUT2D eigenvalue weighted by molar-refractivity contribution is 0.0946. The van der Waals surface area contributed by atoms with E-state index in [4.69, 9.17) is 0 Å². The Balaban J connectivity index is 2.29. The lowest BCUT2D eigenvalue weighted by Gasteiger charge is -2.08. The van der Waals surface area contributed by atoms with E-state index < -0.39 is 23.3 Å². The maximum Gasteiger partial charge on any atom is 0.254 e. The van der Waals surface area contributed by atoms with Gasteiger partial charge in [-0.1, -0.05) is 0 Å². The van der Waals surface area contributed by atoms with Crippen molar-refractivity contribution in [3.8, 4) is 5.75 Å². The van der Waals surface area contributed by atoms with Crippen LogP contribution in [0.15, 0.2) is 12.1 Å². The first-order valence-corrected chi connectivity index (χ1v) is 4.96. The molecule has 1 aliphatic rings. The summed E-state index contributed by atoms with van der Waals surface area (Å²) in [4.78, 5) is 11.6. The molecule has 0 atom stereocenters. The molecule has 0 bridgehead atoms. The first-order chi connectivity index (χ1) is 7.63. The monoisotopic (exact) mass is 227 g/mol. The molecule has 86 valence electrons. The number of amides is 1. The van der Waals surface area contributed by atoms with Crippen molar-refractivity contribution in [1.29, 1.82) is 0 Å². The molecule has 1 aliphatic carbocycles. The Morgan fingerprint density at radius 2 is 2.12 bits per heavy atom. The van der Waals surface area contributed by atoms with Gasteiger partial charge < -0.3 is 10.1 Å². The fraction of sp³-hybridized carbons (Fsp3) is 0.364. The van der Waals surface area contributed by atoms with Gasteiger partial charge in [0, 0.05) is 6.04 Å². The van der Waals surface area contributed by atoms with Gasteiger partial charge >= 0.3 is 0 Å². The van der Waals surface area contributed by atoms with E-state index in [9.17, 15) is 13.6 Å². The van der Waals surface area contributed by atoms with E-state index in [2.05, 4.69) is 10.1 Å². The maximum atomic E-state index is 13.6. The van der Waals surface area contributed by atoms with Gasteiger partial charge in [-0.3, -0.25) is 4.79 Å². The minimum Gasteiger partial charge on any atom is -0.491 e. The Bertz CT molecular complexity index is 430. The summed E-state index contributed by atoms with van der Waals surface area (Å²) in [7, 11) is 1.16. The van der Waals surface area contributed by atoms with Gasteiger partial charge in [-0.05, 0) is 25.0 Å². The fourth-order valence-electron chi connectivity index (χ4n) is 1.39. The van der Waals surface area contributed by atoms with Crippen LogP contribution in [0.1, 0.15) is 23.2 Å². The highest BCUT2D eigenvalue weighted by Crippen LogP contribution is 2.25. The van der Waals surface area contributed by atoms with Gasteiger partial charge in [0.1, 0.15) is 0 Å². The molecule has 0 saturated heterocycles. The molecule has 1 N–H and O–H groups in total. The van der Waals surface area contributed by atoms with E-state index in [-0.39, 0.29) is 11.6 Å². The zero-order valence-electron chi connectivity index (χ0n) is 8.72. The molecule has 0 heterocycles. The van der Waals surface area contributed by atoms with Crippen LogP contribution in [0.5, 0.6) is 5.75 Å². The van der Waals surface area contributed by atoms with Crippen LogP contribution in [0.2, 0.25) is 0 Å². The molecule has 0 unspecified atom stereocenters. The SMILES string of the molecule is COc1c(F)ccc(C(=O)NC2CC2)c1F. The number of carbonyl (C=O) groups excluding carboxylic acids is 1. The zero-order valence-corrected chi connectivity index (χ0v) is 8.72. The third-order valence-electron chi connectivity index (χ3n) is 2.41. The Labute approximate surface area is 91.4 Å². The Kier molecular flexibility index (Phi) is 2.77. The largest absolute Gasteiger partial charge is 0.491 e. The molecule has 1 fully saturated rings. The number of halogens is 2. The number of carbonyl (C=O) groups is 1. The van der Waals surface area contributed by atoms with Crippen molar-refractivity contribution in [3.05, 3.63) is 29.3 Å². The summed E-state index contributed by atoms with van der Waals surface area (Å²) < 4.78 is 31.3. The molecule has 1 amide bonds. The zero-order chi connectivity index (χ0) is 11.7. The molecule has 1 aromatic rings. The summed E-state index contributed by atoms with van der Waals surface area (Å²) in [5, 5.41) is 2.62. The summed E-state index contributed by atoms with van der Waals surface area (Å²) in [6, 6.07) is 2.26. The van der Waals surface area contributed by atoms with Crippen LogP contribution >= 0.6 is 0 Å². The first kappa shape index (κ1) is 10.9. The van der Waals surface area contributed by atoms with E-state index >= 15 is 0 Å². The predicted molar refractivity (Wildman–Crippen MR) is 53.4 cm³/mol. The third kappa shape index (κ3) is 1.98. The van der Waals surface area contributed by atoms with Gasteiger partial charge in [-0.25, -0.2) is 8.78 Å². The molecule has 1 aromatic carbocycles. The van der Waals surface area contributed by atoms with Crippen LogP contribution < -0.4 is 10.1 Å². The lowest BCUT2D eigenvalue weighted by atomic mass is 10.1. The highest BCUT2D eigenvalue weighted by atomic mass is 19.1. The van der Waals surface area contributed by atoms with Crippen molar-refractivity contribution in [2.45, 2.75) is 18.9 Å². The lowest BCUT2D eigenvalue weighted by Crippen LogP contribution is -2.26. The maximum absolute atomic E-state index is 13.6. The normalized spacial score (nSPS) is 14.7. The van der Waals surface area contributed by atoms with Crippen molar-refractivity contribution in [2.24, 2.45) is 0 Å². The van der Waals surface area contributed by atoms with Gasteiger partial charge in [0.2, 0.25) is 0 Å². The van der Waals surface area contributed by atoms with E-state index in [1.807, 2.05) is 0 Å². The van der Waals surface area contributed by atoms with E-state index in [0.29, 0.717) is 0 Å². The topological polar surface area (TPSA) is 38.3 Å². The van der Waals surface area contributed by atoms with Gasteiger partial charge in [0.25, 0.3) is 5.91 Å². The van der Waals surface area contributed by atoms with Crippen molar-refractivity contribution in [3.63, 3.8) is 0 Å². The summed E-state index contributed by atoms with van der Waals surface area (Å²) in [6.45, 7) is 0. The fourth-order valence-corrected chi connectivity index (χ4v) is 1.39. The quantitative estimate of drug-likeness (QED) is 0.856. The van der Waals surface area contributed by atoms with Crippen LogP contribution in [-0.4, -0.2) is 19.1 Å². The molecule has 3 nitrogen and oxygen atoms in total. The third-order valence-corrected chi connectivity index (χ3v) is 2.41. The van der Waals surface area contributed by atoms with Gasteiger partial charge in [0.05, 0.1) is 12.7 Å². The number of ether oxygens (including phenoxy) is 1. The molecule has 5 heteroatoms. The second-order valence-electron chi connectivity index (χ2n) is 3.69. The Morgan fingerprint density at radius 1 is 1.44 bits per heavy atom. The highest BCUT2D eigenvalue weighted by molar-refractivity contribution is 5.95. The second-order valence-corrected chi connectivity index (χ2v) is 3.69. The van der Waals surface area contributed by atoms with Crippen LogP contribution in [0.3, 0.4) is 0 Å². The molecule has 1 saturated carbocycles. The number of hydrogen-bond acceptors (Lipinski definition) is 2. The second kappa shape index (κ2) is 4.08. The minimum absolute atomic E-state index is 0.128. The van der Waals surface area contributed by atoms with Gasteiger partial charge in [0.15, 0.2) is 17.4 Å². The van der Waals surface area contributed by atoms with Crippen molar-refractivity contribution < 1.29 is 18.3 Å². The van der Waals surface area contributed by atoms with E-state index in [0.717, 1.165) is 32.1 Å². The van der Waals surface area contributed by atoms with Crippen molar-refractivity contribution in [2.75, 3.05) is 7.11 Å². The Morgan fingerprint density at radius 3 is 2.69 bits per heavy atom. The van der Waals surface area contributed by atoms with Crippen molar-refractivity contribution >= 4 is 5.91 Å². The number of hydrogen-bond donors (Lipinski definition) is 1.